The van der Waals surface area contributed by atoms with Crippen LogP contribution in [0.2, 0.25) is 0 Å². The summed E-state index contributed by atoms with van der Waals surface area (Å²) in [4.78, 5) is 4.67. The van der Waals surface area contributed by atoms with Crippen molar-refractivity contribution in [3.63, 3.8) is 0 Å². The van der Waals surface area contributed by atoms with Crippen molar-refractivity contribution in [2.45, 2.75) is 0 Å². The van der Waals surface area contributed by atoms with Crippen molar-refractivity contribution in [2.75, 3.05) is 9.80 Å². The minimum absolute atomic E-state index is 0.293. The van der Waals surface area contributed by atoms with Crippen molar-refractivity contribution in [1.29, 1.82) is 0 Å². The SMILES string of the molecule is c1ccc(N(c2ccccc2)c2ccc(N(c3ccccc3)c3ccc4[se]c5c6ccccc6ccc5c4c3)cc2)cc1. The Morgan fingerprint density at radius 3 is 1.37 bits per heavy atom. The molecule has 8 aromatic rings. The van der Waals surface area contributed by atoms with Gasteiger partial charge in [-0.25, -0.2) is 0 Å². The Labute approximate surface area is 257 Å². The van der Waals surface area contributed by atoms with Gasteiger partial charge >= 0.3 is 222 Å². The molecule has 0 bridgehead atoms. The molecular formula is C40H28N2Se. The average Bonchev–Trinajstić information content (AvgIpc) is 3.46. The molecule has 0 fully saturated rings. The molecule has 0 aliphatic carbocycles. The number of hydrogen-bond acceptors (Lipinski definition) is 2. The Bertz CT molecular complexity index is 2130. The number of rotatable bonds is 6. The van der Waals surface area contributed by atoms with Gasteiger partial charge in [-0.15, -0.1) is 0 Å². The summed E-state index contributed by atoms with van der Waals surface area (Å²) in [5.41, 5.74) is 6.81. The molecule has 2 nitrogen and oxygen atoms in total. The molecule has 1 heterocycles. The number of hydrogen-bond donors (Lipinski definition) is 0. The van der Waals surface area contributed by atoms with Crippen LogP contribution in [0.1, 0.15) is 0 Å². The van der Waals surface area contributed by atoms with Gasteiger partial charge in [0.15, 0.2) is 0 Å². The molecule has 0 N–H and O–H groups in total. The van der Waals surface area contributed by atoms with Gasteiger partial charge in [0, 0.05) is 0 Å². The van der Waals surface area contributed by atoms with Crippen LogP contribution in [0.5, 0.6) is 0 Å². The molecular weight excluding hydrogens is 587 g/mol. The van der Waals surface area contributed by atoms with Gasteiger partial charge in [-0.05, 0) is 0 Å². The first kappa shape index (κ1) is 25.6. The van der Waals surface area contributed by atoms with Crippen LogP contribution in [0.4, 0.5) is 34.1 Å². The molecule has 7 aromatic carbocycles. The van der Waals surface area contributed by atoms with Crippen LogP contribution in [-0.2, 0) is 0 Å². The molecule has 0 unspecified atom stereocenters. The molecule has 0 atom stereocenters. The predicted molar refractivity (Wildman–Crippen MR) is 185 cm³/mol. The quantitative estimate of drug-likeness (QED) is 0.172. The summed E-state index contributed by atoms with van der Waals surface area (Å²) in [6.07, 6.45) is 0. The van der Waals surface area contributed by atoms with Crippen molar-refractivity contribution in [2.24, 2.45) is 0 Å². The summed E-state index contributed by atoms with van der Waals surface area (Å²) in [6.45, 7) is 0. The zero-order valence-corrected chi connectivity index (χ0v) is 25.2. The Balaban J connectivity index is 1.25. The smallest absolute Gasteiger partial charge is 0.0602 e. The molecule has 8 rings (SSSR count). The van der Waals surface area contributed by atoms with Gasteiger partial charge in [0.25, 0.3) is 0 Å². The summed E-state index contributed by atoms with van der Waals surface area (Å²) in [7, 11) is 0. The van der Waals surface area contributed by atoms with Crippen LogP contribution in [0.3, 0.4) is 0 Å². The first-order valence-corrected chi connectivity index (χ1v) is 16.2. The maximum atomic E-state index is 2.39. The van der Waals surface area contributed by atoms with Gasteiger partial charge in [-0.3, -0.25) is 0 Å². The summed E-state index contributed by atoms with van der Waals surface area (Å²) < 4.78 is 2.95. The first-order chi connectivity index (χ1) is 21.3. The molecule has 0 saturated carbocycles. The van der Waals surface area contributed by atoms with Crippen LogP contribution in [0.25, 0.3) is 30.1 Å². The third-order valence-electron chi connectivity index (χ3n) is 8.01. The van der Waals surface area contributed by atoms with Crippen LogP contribution in [-0.4, -0.2) is 14.5 Å². The number of fused-ring (bicyclic) bond motifs is 5. The number of para-hydroxylation sites is 3. The molecule has 0 aliphatic rings. The van der Waals surface area contributed by atoms with Crippen LogP contribution >= 0.6 is 0 Å². The summed E-state index contributed by atoms with van der Waals surface area (Å²) in [5, 5.41) is 5.44. The van der Waals surface area contributed by atoms with E-state index in [1.54, 1.807) is 0 Å². The van der Waals surface area contributed by atoms with Gasteiger partial charge in [-0.1, -0.05) is 36.4 Å². The molecule has 0 aliphatic heterocycles. The molecule has 0 radical (unpaired) electrons. The average molecular weight is 616 g/mol. The van der Waals surface area contributed by atoms with Gasteiger partial charge in [0.1, 0.15) is 0 Å². The summed E-state index contributed by atoms with van der Waals surface area (Å²) in [6, 6.07) is 61.1. The van der Waals surface area contributed by atoms with Gasteiger partial charge in [0.05, 0.1) is 0 Å². The minimum atomic E-state index is 0.293. The van der Waals surface area contributed by atoms with E-state index in [-0.39, 0.29) is 0 Å². The van der Waals surface area contributed by atoms with Crippen molar-refractivity contribution in [3.8, 4) is 0 Å². The summed E-state index contributed by atoms with van der Waals surface area (Å²) >= 11 is 0.293. The summed E-state index contributed by atoms with van der Waals surface area (Å²) in [5.74, 6) is 0. The molecule has 43 heavy (non-hydrogen) atoms. The fraction of sp³-hybridized carbons (Fsp3) is 0. The number of benzene rings is 7. The van der Waals surface area contributed by atoms with Crippen molar-refractivity contribution >= 4 is 78.7 Å². The van der Waals surface area contributed by atoms with Crippen molar-refractivity contribution in [1.82, 2.24) is 0 Å². The van der Waals surface area contributed by atoms with E-state index in [0.717, 1.165) is 34.1 Å². The second kappa shape index (κ2) is 11.0. The molecule has 1 aromatic heterocycles. The van der Waals surface area contributed by atoms with Crippen LogP contribution in [0.15, 0.2) is 170 Å². The van der Waals surface area contributed by atoms with E-state index in [4.69, 9.17) is 0 Å². The topological polar surface area (TPSA) is 6.48 Å². The fourth-order valence-corrected chi connectivity index (χ4v) is 8.56. The third kappa shape index (κ3) is 4.70. The first-order valence-electron chi connectivity index (χ1n) is 14.5. The Morgan fingerprint density at radius 1 is 0.326 bits per heavy atom. The Morgan fingerprint density at radius 2 is 0.791 bits per heavy atom. The van der Waals surface area contributed by atoms with Gasteiger partial charge < -0.3 is 0 Å². The maximum absolute atomic E-state index is 2.39. The molecule has 0 amide bonds. The van der Waals surface area contributed by atoms with E-state index < -0.39 is 0 Å². The second-order valence-electron chi connectivity index (χ2n) is 10.6. The van der Waals surface area contributed by atoms with E-state index in [1.807, 2.05) is 0 Å². The van der Waals surface area contributed by atoms with E-state index in [9.17, 15) is 0 Å². The van der Waals surface area contributed by atoms with E-state index >= 15 is 0 Å². The van der Waals surface area contributed by atoms with Gasteiger partial charge in [0.2, 0.25) is 0 Å². The zero-order valence-electron chi connectivity index (χ0n) is 23.5. The van der Waals surface area contributed by atoms with E-state index in [1.165, 1.54) is 30.1 Å². The Kier molecular flexibility index (Phi) is 6.53. The monoisotopic (exact) mass is 616 g/mol. The van der Waals surface area contributed by atoms with Crippen LogP contribution in [0, 0.1) is 0 Å². The molecule has 0 spiro atoms. The number of anilines is 6. The van der Waals surface area contributed by atoms with Gasteiger partial charge in [-0.2, -0.15) is 0 Å². The number of nitrogens with zero attached hydrogens (tertiary/aromatic N) is 2. The van der Waals surface area contributed by atoms with Crippen molar-refractivity contribution in [3.05, 3.63) is 170 Å². The third-order valence-corrected chi connectivity index (χ3v) is 10.6. The van der Waals surface area contributed by atoms with Crippen LogP contribution < -0.4 is 9.80 Å². The van der Waals surface area contributed by atoms with E-state index in [0.29, 0.717) is 14.5 Å². The second-order valence-corrected chi connectivity index (χ2v) is 12.8. The van der Waals surface area contributed by atoms with E-state index in [2.05, 4.69) is 180 Å². The molecule has 3 heteroatoms. The standard InChI is InChI=1S/C40H28N2Se/c1-4-13-30(14-5-1)41(31-15-6-2-7-16-31)33-21-23-34(24-22-33)42(32-17-8-3-9-18-32)35-25-27-39-38(28-35)37-26-20-29-12-10-11-19-36(29)40(37)43-39/h1-28H. The molecule has 0 saturated heterocycles. The Hall–Kier alpha value is -5.08. The molecule has 204 valence electrons. The predicted octanol–water partition coefficient (Wildman–Crippen LogP) is 11.1. The zero-order chi connectivity index (χ0) is 28.6. The van der Waals surface area contributed by atoms with Crippen molar-refractivity contribution < 1.29 is 0 Å². The normalized spacial score (nSPS) is 11.3. The fourth-order valence-electron chi connectivity index (χ4n) is 6.01. The minimum Gasteiger partial charge on any atom is -0.0602 e.